The first kappa shape index (κ1) is 20.3. The molecule has 2 aromatic rings. The molecule has 0 radical (unpaired) electrons. The number of hydrogen-bond acceptors (Lipinski definition) is 6. The zero-order chi connectivity index (χ0) is 21.8. The van der Waals surface area contributed by atoms with Gasteiger partial charge in [-0.25, -0.2) is 14.4 Å². The summed E-state index contributed by atoms with van der Waals surface area (Å²) in [6.45, 7) is 1.34. The average Bonchev–Trinajstić information content (AvgIpc) is 3.21. The Morgan fingerprint density at radius 2 is 2.03 bits per heavy atom. The number of aliphatic hydroxyl groups excluding tert-OH is 1. The van der Waals surface area contributed by atoms with E-state index in [0.29, 0.717) is 18.6 Å². The Hall–Kier alpha value is -2.95. The van der Waals surface area contributed by atoms with E-state index in [9.17, 15) is 27.5 Å². The van der Waals surface area contributed by atoms with Crippen molar-refractivity contribution < 1.29 is 32.2 Å². The summed E-state index contributed by atoms with van der Waals surface area (Å²) in [4.78, 5) is 22.5. The SMILES string of the molecule is CC1(C)C(=O)N(c2cc(F)c3c(c2)CCO3)c2nc(CO)nc(NCC(F)(F)F)c21. The predicted molar refractivity (Wildman–Crippen MR) is 98.3 cm³/mol. The van der Waals surface area contributed by atoms with Gasteiger partial charge >= 0.3 is 6.18 Å². The topological polar surface area (TPSA) is 87.6 Å². The number of carbonyl (C=O) groups excluding carboxylic acids is 1. The Labute approximate surface area is 168 Å². The van der Waals surface area contributed by atoms with Crippen LogP contribution in [0, 0.1) is 5.82 Å². The number of fused-ring (bicyclic) bond motifs is 2. The van der Waals surface area contributed by atoms with Gasteiger partial charge in [-0.2, -0.15) is 13.2 Å². The van der Waals surface area contributed by atoms with E-state index in [4.69, 9.17) is 4.74 Å². The molecule has 0 bridgehead atoms. The quantitative estimate of drug-likeness (QED) is 0.731. The number of anilines is 3. The average molecular weight is 426 g/mol. The van der Waals surface area contributed by atoms with Crippen LogP contribution >= 0.6 is 0 Å². The van der Waals surface area contributed by atoms with Crippen molar-refractivity contribution in [2.45, 2.75) is 38.5 Å². The number of hydrogen-bond donors (Lipinski definition) is 2. The second kappa shape index (κ2) is 6.79. The summed E-state index contributed by atoms with van der Waals surface area (Å²) in [5.41, 5.74) is -0.386. The van der Waals surface area contributed by atoms with Gasteiger partial charge < -0.3 is 15.2 Å². The Morgan fingerprint density at radius 1 is 1.30 bits per heavy atom. The second-order valence-corrected chi connectivity index (χ2v) is 7.59. The zero-order valence-corrected chi connectivity index (χ0v) is 16.1. The highest BCUT2D eigenvalue weighted by molar-refractivity contribution is 6.12. The molecule has 160 valence electrons. The molecule has 0 atom stereocenters. The van der Waals surface area contributed by atoms with Gasteiger partial charge in [-0.1, -0.05) is 0 Å². The van der Waals surface area contributed by atoms with Crippen LogP contribution < -0.4 is 15.0 Å². The minimum atomic E-state index is -4.52. The van der Waals surface area contributed by atoms with Crippen LogP contribution in [0.2, 0.25) is 0 Å². The summed E-state index contributed by atoms with van der Waals surface area (Å²) in [5, 5.41) is 11.7. The number of benzene rings is 1. The van der Waals surface area contributed by atoms with Crippen molar-refractivity contribution in [1.82, 2.24) is 9.97 Å². The Morgan fingerprint density at radius 3 is 2.70 bits per heavy atom. The minimum Gasteiger partial charge on any atom is -0.490 e. The predicted octanol–water partition coefficient (Wildman–Crippen LogP) is 2.97. The smallest absolute Gasteiger partial charge is 0.405 e. The van der Waals surface area contributed by atoms with E-state index in [1.807, 2.05) is 0 Å². The van der Waals surface area contributed by atoms with Gasteiger partial charge in [0.25, 0.3) is 0 Å². The van der Waals surface area contributed by atoms with Crippen molar-refractivity contribution in [1.29, 1.82) is 0 Å². The molecular weight excluding hydrogens is 408 g/mol. The number of alkyl halides is 3. The van der Waals surface area contributed by atoms with Crippen LogP contribution in [0.25, 0.3) is 0 Å². The highest BCUT2D eigenvalue weighted by Crippen LogP contribution is 2.48. The van der Waals surface area contributed by atoms with Gasteiger partial charge in [0.05, 0.1) is 23.3 Å². The molecule has 2 aliphatic rings. The van der Waals surface area contributed by atoms with E-state index in [2.05, 4.69) is 15.3 Å². The summed E-state index contributed by atoms with van der Waals surface area (Å²) in [6, 6.07) is 2.72. The summed E-state index contributed by atoms with van der Waals surface area (Å²) >= 11 is 0. The van der Waals surface area contributed by atoms with Gasteiger partial charge in [-0.15, -0.1) is 0 Å². The molecule has 1 amide bonds. The highest BCUT2D eigenvalue weighted by Gasteiger charge is 2.49. The third-order valence-corrected chi connectivity index (χ3v) is 5.09. The van der Waals surface area contributed by atoms with Gasteiger partial charge in [0.2, 0.25) is 5.91 Å². The third-order valence-electron chi connectivity index (χ3n) is 5.09. The molecule has 0 saturated carbocycles. The summed E-state index contributed by atoms with van der Waals surface area (Å²) in [6.07, 6.45) is -4.06. The van der Waals surface area contributed by atoms with Gasteiger partial charge in [0.1, 0.15) is 24.8 Å². The molecule has 0 unspecified atom stereocenters. The lowest BCUT2D eigenvalue weighted by Gasteiger charge is -2.20. The molecule has 2 N–H and O–H groups in total. The molecule has 2 aliphatic heterocycles. The molecule has 1 aromatic carbocycles. The Balaban J connectivity index is 1.88. The van der Waals surface area contributed by atoms with Gasteiger partial charge in [-0.3, -0.25) is 9.69 Å². The number of amides is 1. The summed E-state index contributed by atoms with van der Waals surface area (Å²) in [7, 11) is 0. The largest absolute Gasteiger partial charge is 0.490 e. The molecule has 4 rings (SSSR count). The van der Waals surface area contributed by atoms with Crippen molar-refractivity contribution in [3.05, 3.63) is 34.9 Å². The number of nitrogens with zero attached hydrogens (tertiary/aromatic N) is 3. The number of halogens is 4. The minimum absolute atomic E-state index is 0.00647. The van der Waals surface area contributed by atoms with E-state index in [1.165, 1.54) is 13.8 Å². The lowest BCUT2D eigenvalue weighted by Crippen LogP contribution is -2.34. The standard InChI is InChI=1S/C19H18F4N4O3/c1-18(2)13-15(24-8-19(21,22)23)25-12(7-28)26-16(13)27(17(18)29)10-5-9-3-4-30-14(9)11(20)6-10/h5-6,28H,3-4,7-8H2,1-2H3,(H,24,25,26). The Kier molecular flexibility index (Phi) is 4.60. The van der Waals surface area contributed by atoms with Crippen LogP contribution in [-0.2, 0) is 23.2 Å². The number of rotatable bonds is 4. The second-order valence-electron chi connectivity index (χ2n) is 7.59. The molecule has 1 aromatic heterocycles. The molecule has 0 aliphatic carbocycles. The maximum absolute atomic E-state index is 14.5. The summed E-state index contributed by atoms with van der Waals surface area (Å²) < 4.78 is 58.1. The van der Waals surface area contributed by atoms with Crippen LogP contribution in [0.1, 0.15) is 30.8 Å². The fourth-order valence-corrected chi connectivity index (χ4v) is 3.71. The van der Waals surface area contributed by atoms with E-state index in [-0.39, 0.29) is 34.5 Å². The van der Waals surface area contributed by atoms with Crippen LogP contribution in [-0.4, -0.2) is 40.3 Å². The molecule has 0 saturated heterocycles. The molecule has 7 nitrogen and oxygen atoms in total. The lowest BCUT2D eigenvalue weighted by molar-refractivity contribution is -0.121. The molecule has 3 heterocycles. The maximum atomic E-state index is 14.5. The molecule has 0 spiro atoms. The van der Waals surface area contributed by atoms with Gasteiger partial charge in [0.15, 0.2) is 17.4 Å². The first-order valence-electron chi connectivity index (χ1n) is 9.15. The number of carbonyl (C=O) groups is 1. The number of ether oxygens (including phenoxy) is 1. The van der Waals surface area contributed by atoms with Crippen molar-refractivity contribution >= 4 is 23.2 Å². The maximum Gasteiger partial charge on any atom is 0.405 e. The highest BCUT2D eigenvalue weighted by atomic mass is 19.4. The lowest BCUT2D eigenvalue weighted by atomic mass is 9.87. The number of aromatic nitrogens is 2. The van der Waals surface area contributed by atoms with Crippen molar-refractivity contribution in [2.75, 3.05) is 23.4 Å². The molecular formula is C19H18F4N4O3. The number of aliphatic hydroxyl groups is 1. The van der Waals surface area contributed by atoms with E-state index in [1.54, 1.807) is 6.07 Å². The first-order valence-corrected chi connectivity index (χ1v) is 9.15. The van der Waals surface area contributed by atoms with E-state index in [0.717, 1.165) is 11.0 Å². The first-order chi connectivity index (χ1) is 14.0. The van der Waals surface area contributed by atoms with Crippen molar-refractivity contribution in [3.63, 3.8) is 0 Å². The van der Waals surface area contributed by atoms with Gasteiger partial charge in [0, 0.05) is 18.1 Å². The fourth-order valence-electron chi connectivity index (χ4n) is 3.71. The van der Waals surface area contributed by atoms with Crippen molar-refractivity contribution in [2.24, 2.45) is 0 Å². The monoisotopic (exact) mass is 426 g/mol. The van der Waals surface area contributed by atoms with Crippen LogP contribution in [0.3, 0.4) is 0 Å². The van der Waals surface area contributed by atoms with Crippen LogP contribution in [0.4, 0.5) is 34.9 Å². The normalized spacial score (nSPS) is 17.0. The summed E-state index contributed by atoms with van der Waals surface area (Å²) in [5.74, 6) is -1.39. The fraction of sp³-hybridized carbons (Fsp3) is 0.421. The van der Waals surface area contributed by atoms with Crippen LogP contribution in [0.15, 0.2) is 12.1 Å². The third kappa shape index (κ3) is 3.22. The van der Waals surface area contributed by atoms with Crippen molar-refractivity contribution in [3.8, 4) is 5.75 Å². The molecule has 0 fully saturated rings. The zero-order valence-electron chi connectivity index (χ0n) is 16.1. The number of nitrogens with one attached hydrogen (secondary N) is 1. The van der Waals surface area contributed by atoms with E-state index < -0.39 is 36.5 Å². The molecule has 30 heavy (non-hydrogen) atoms. The Bertz CT molecular complexity index is 1040. The van der Waals surface area contributed by atoms with Gasteiger partial charge in [-0.05, 0) is 19.9 Å². The van der Waals surface area contributed by atoms with Crippen LogP contribution in [0.5, 0.6) is 5.75 Å². The van der Waals surface area contributed by atoms with E-state index >= 15 is 0 Å². The molecule has 11 heteroatoms.